The first-order chi connectivity index (χ1) is 10.7. The van der Waals surface area contributed by atoms with Crippen LogP contribution in [-0.4, -0.2) is 50.4 Å². The molecular weight excluding hydrogens is 282 g/mol. The molecule has 2 rings (SSSR count). The van der Waals surface area contributed by atoms with Gasteiger partial charge in [-0.15, -0.1) is 0 Å². The molecule has 3 unspecified atom stereocenters. The quantitative estimate of drug-likeness (QED) is 0.308. The number of nitrogens with zero attached hydrogens (tertiary/aromatic N) is 1. The summed E-state index contributed by atoms with van der Waals surface area (Å²) in [5, 5.41) is 6.80. The van der Waals surface area contributed by atoms with Gasteiger partial charge in [0.05, 0.1) is 25.4 Å². The van der Waals surface area contributed by atoms with Crippen molar-refractivity contribution in [3.63, 3.8) is 0 Å². The summed E-state index contributed by atoms with van der Waals surface area (Å²) in [7, 11) is 1.43. The molecule has 0 aliphatic carbocycles. The highest BCUT2D eigenvalue weighted by Crippen LogP contribution is 2.34. The summed E-state index contributed by atoms with van der Waals surface area (Å²) in [4.78, 5) is 15.6. The van der Waals surface area contributed by atoms with Crippen LogP contribution in [-0.2, 0) is 14.3 Å². The van der Waals surface area contributed by atoms with Crippen LogP contribution >= 0.6 is 0 Å². The van der Waals surface area contributed by atoms with E-state index in [0.717, 1.165) is 51.2 Å². The highest BCUT2D eigenvalue weighted by Gasteiger charge is 2.41. The molecule has 0 amide bonds. The fourth-order valence-electron chi connectivity index (χ4n) is 3.14. The molecule has 0 radical (unpaired) electrons. The number of guanidine groups is 1. The van der Waals surface area contributed by atoms with E-state index in [9.17, 15) is 4.79 Å². The van der Waals surface area contributed by atoms with Gasteiger partial charge in [-0.05, 0) is 39.0 Å². The zero-order valence-corrected chi connectivity index (χ0v) is 13.8. The smallest absolute Gasteiger partial charge is 0.305 e. The third-order valence-corrected chi connectivity index (χ3v) is 4.31. The molecule has 0 spiro atoms. The van der Waals surface area contributed by atoms with Crippen LogP contribution in [0.2, 0.25) is 0 Å². The van der Waals surface area contributed by atoms with Crippen LogP contribution < -0.4 is 10.6 Å². The summed E-state index contributed by atoms with van der Waals surface area (Å²) in [5.41, 5.74) is 0. The number of methoxy groups -OCH3 is 1. The average molecular weight is 311 g/mol. The van der Waals surface area contributed by atoms with Crippen molar-refractivity contribution in [2.45, 2.75) is 70.1 Å². The molecule has 22 heavy (non-hydrogen) atoms. The van der Waals surface area contributed by atoms with E-state index < -0.39 is 0 Å². The Morgan fingerprint density at radius 2 is 2.18 bits per heavy atom. The van der Waals surface area contributed by atoms with Gasteiger partial charge in [-0.25, -0.2) is 0 Å². The summed E-state index contributed by atoms with van der Waals surface area (Å²) in [6.07, 6.45) is 7.61. The molecule has 0 aromatic rings. The minimum absolute atomic E-state index is 0.130. The van der Waals surface area contributed by atoms with Crippen molar-refractivity contribution in [3.05, 3.63) is 0 Å². The first kappa shape index (κ1) is 17.1. The van der Waals surface area contributed by atoms with Crippen molar-refractivity contribution >= 4 is 11.9 Å². The van der Waals surface area contributed by atoms with Gasteiger partial charge in [-0.2, -0.15) is 0 Å². The monoisotopic (exact) mass is 311 g/mol. The Labute approximate surface area is 133 Å². The van der Waals surface area contributed by atoms with Crippen LogP contribution in [0.5, 0.6) is 0 Å². The molecule has 2 bridgehead atoms. The first-order valence-electron chi connectivity index (χ1n) is 8.50. The Morgan fingerprint density at radius 1 is 1.32 bits per heavy atom. The van der Waals surface area contributed by atoms with Gasteiger partial charge >= 0.3 is 5.97 Å². The minimum atomic E-state index is -0.130. The van der Waals surface area contributed by atoms with Crippen LogP contribution in [0.1, 0.15) is 51.9 Å². The predicted octanol–water partition coefficient (Wildman–Crippen LogP) is 1.59. The lowest BCUT2D eigenvalue weighted by molar-refractivity contribution is -0.140. The van der Waals surface area contributed by atoms with E-state index in [-0.39, 0.29) is 5.97 Å². The molecule has 126 valence electrons. The van der Waals surface area contributed by atoms with E-state index in [1.165, 1.54) is 13.5 Å². The number of ether oxygens (including phenoxy) is 2. The van der Waals surface area contributed by atoms with Crippen molar-refractivity contribution in [1.29, 1.82) is 0 Å². The number of nitrogens with one attached hydrogen (secondary N) is 2. The molecule has 2 saturated heterocycles. The standard InChI is InChI=1S/C16H29N3O3/c1-3-17-16(18-10-6-4-5-7-15(20)21-2)19-13-11-12-8-9-14(13)22-12/h12-14H,3-11H2,1-2H3,(H2,17,18,19). The average Bonchev–Trinajstić information content (AvgIpc) is 3.13. The van der Waals surface area contributed by atoms with E-state index in [4.69, 9.17) is 4.74 Å². The van der Waals surface area contributed by atoms with Crippen molar-refractivity contribution in [2.75, 3.05) is 20.2 Å². The maximum atomic E-state index is 11.0. The van der Waals surface area contributed by atoms with Crippen molar-refractivity contribution in [2.24, 2.45) is 4.99 Å². The molecule has 2 heterocycles. The van der Waals surface area contributed by atoms with Crippen molar-refractivity contribution in [3.8, 4) is 0 Å². The summed E-state index contributed by atoms with van der Waals surface area (Å²) in [6, 6.07) is 0.399. The molecule has 2 fully saturated rings. The van der Waals surface area contributed by atoms with Gasteiger partial charge in [0.1, 0.15) is 0 Å². The lowest BCUT2D eigenvalue weighted by atomic mass is 9.96. The van der Waals surface area contributed by atoms with E-state index in [0.29, 0.717) is 24.7 Å². The Hall–Kier alpha value is -1.30. The molecular formula is C16H29N3O3. The Morgan fingerprint density at radius 3 is 2.82 bits per heavy atom. The fraction of sp³-hybridized carbons (Fsp3) is 0.875. The van der Waals surface area contributed by atoms with Crippen LogP contribution in [0.15, 0.2) is 4.99 Å². The molecule has 6 heteroatoms. The predicted molar refractivity (Wildman–Crippen MR) is 85.9 cm³/mol. The zero-order valence-electron chi connectivity index (χ0n) is 13.8. The Kier molecular flexibility index (Phi) is 6.96. The molecule has 3 atom stereocenters. The lowest BCUT2D eigenvalue weighted by Gasteiger charge is -2.22. The molecule has 0 aromatic carbocycles. The number of fused-ring (bicyclic) bond motifs is 2. The van der Waals surface area contributed by atoms with E-state index >= 15 is 0 Å². The second kappa shape index (κ2) is 8.98. The fourth-order valence-corrected chi connectivity index (χ4v) is 3.14. The van der Waals surface area contributed by atoms with Crippen LogP contribution in [0.3, 0.4) is 0 Å². The van der Waals surface area contributed by atoms with Crippen LogP contribution in [0.4, 0.5) is 0 Å². The number of aliphatic imine (C=N–C) groups is 1. The number of hydrogen-bond acceptors (Lipinski definition) is 4. The third-order valence-electron chi connectivity index (χ3n) is 4.31. The molecule has 0 aromatic heterocycles. The van der Waals surface area contributed by atoms with Crippen molar-refractivity contribution in [1.82, 2.24) is 10.6 Å². The second-order valence-electron chi connectivity index (χ2n) is 6.01. The highest BCUT2D eigenvalue weighted by atomic mass is 16.5. The summed E-state index contributed by atoms with van der Waals surface area (Å²) in [5.74, 6) is 0.756. The number of carbonyl (C=O) groups is 1. The Bertz CT molecular complexity index is 387. The van der Waals surface area contributed by atoms with Crippen LogP contribution in [0, 0.1) is 0 Å². The van der Waals surface area contributed by atoms with Gasteiger partial charge in [-0.3, -0.25) is 9.79 Å². The van der Waals surface area contributed by atoms with Gasteiger partial charge in [0.2, 0.25) is 0 Å². The van der Waals surface area contributed by atoms with Gasteiger partial charge in [-0.1, -0.05) is 6.42 Å². The maximum absolute atomic E-state index is 11.0. The largest absolute Gasteiger partial charge is 0.469 e. The number of carbonyl (C=O) groups excluding carboxylic acids is 1. The molecule has 0 saturated carbocycles. The summed E-state index contributed by atoms with van der Waals surface area (Å²) in [6.45, 7) is 3.71. The summed E-state index contributed by atoms with van der Waals surface area (Å²) >= 11 is 0. The second-order valence-corrected chi connectivity index (χ2v) is 6.01. The number of unbranched alkanes of at least 4 members (excludes halogenated alkanes) is 2. The maximum Gasteiger partial charge on any atom is 0.305 e. The van der Waals surface area contributed by atoms with E-state index in [2.05, 4.69) is 27.3 Å². The number of hydrogen-bond donors (Lipinski definition) is 2. The highest BCUT2D eigenvalue weighted by molar-refractivity contribution is 5.80. The van der Waals surface area contributed by atoms with Gasteiger partial charge in [0.25, 0.3) is 0 Å². The SMILES string of the molecule is CCNC(=NCCCCCC(=O)OC)NC1CC2CCC1O2. The van der Waals surface area contributed by atoms with Gasteiger partial charge < -0.3 is 20.1 Å². The van der Waals surface area contributed by atoms with Crippen LogP contribution in [0.25, 0.3) is 0 Å². The van der Waals surface area contributed by atoms with Gasteiger partial charge in [0.15, 0.2) is 5.96 Å². The van der Waals surface area contributed by atoms with Crippen molar-refractivity contribution < 1.29 is 14.3 Å². The van der Waals surface area contributed by atoms with E-state index in [1.807, 2.05) is 0 Å². The first-order valence-corrected chi connectivity index (χ1v) is 8.50. The molecule has 6 nitrogen and oxygen atoms in total. The third kappa shape index (κ3) is 5.16. The minimum Gasteiger partial charge on any atom is -0.469 e. The van der Waals surface area contributed by atoms with E-state index in [1.54, 1.807) is 0 Å². The summed E-state index contributed by atoms with van der Waals surface area (Å²) < 4.78 is 10.5. The molecule has 2 N–H and O–H groups in total. The Balaban J connectivity index is 1.65. The molecule has 2 aliphatic rings. The van der Waals surface area contributed by atoms with Gasteiger partial charge in [0, 0.05) is 19.5 Å². The normalized spacial score (nSPS) is 27.0. The number of esters is 1. The topological polar surface area (TPSA) is 72.0 Å². The molecule has 2 aliphatic heterocycles. The zero-order chi connectivity index (χ0) is 15.8. The number of rotatable bonds is 8. The lowest BCUT2D eigenvalue weighted by Crippen LogP contribution is -2.47.